The lowest BCUT2D eigenvalue weighted by atomic mass is 10.2. The molecule has 2 N–H and O–H groups in total. The summed E-state index contributed by atoms with van der Waals surface area (Å²) in [4.78, 5) is 24.9. The lowest BCUT2D eigenvalue weighted by Crippen LogP contribution is -2.29. The van der Waals surface area contributed by atoms with E-state index in [4.69, 9.17) is 9.84 Å². The minimum Gasteiger partial charge on any atom is -0.489 e. The third-order valence-electron chi connectivity index (χ3n) is 5.08. The number of rotatable bonds is 5. The van der Waals surface area contributed by atoms with Gasteiger partial charge in [-0.3, -0.25) is 4.79 Å². The fourth-order valence-corrected chi connectivity index (χ4v) is 3.47. The summed E-state index contributed by atoms with van der Waals surface area (Å²) in [5, 5.41) is 15.0. The number of carbonyl (C=O) groups excluding carboxylic acids is 1. The van der Waals surface area contributed by atoms with Gasteiger partial charge in [0.25, 0.3) is 5.91 Å². The van der Waals surface area contributed by atoms with Crippen LogP contribution < -0.4 is 10.1 Å². The molecular formula is C22H19F3N4O4. The number of nitrogens with one attached hydrogen (secondary N) is 1. The molecule has 0 bridgehead atoms. The molecule has 1 saturated heterocycles. The molecule has 33 heavy (non-hydrogen) atoms. The molecule has 1 aromatic heterocycles. The molecule has 11 heteroatoms. The normalized spacial score (nSPS) is 16.0. The number of nitrogens with zero attached hydrogens (tertiary/aromatic N) is 3. The Hall–Kier alpha value is -4.02. The van der Waals surface area contributed by atoms with Gasteiger partial charge in [-0.05, 0) is 36.4 Å². The molecule has 1 atom stereocenters. The van der Waals surface area contributed by atoms with Crippen molar-refractivity contribution in [3.63, 3.8) is 0 Å². The predicted octanol–water partition coefficient (Wildman–Crippen LogP) is 4.27. The second-order valence-corrected chi connectivity index (χ2v) is 7.40. The number of carbonyl (C=O) groups is 2. The van der Waals surface area contributed by atoms with Crippen LogP contribution in [-0.2, 0) is 6.18 Å². The number of benzene rings is 2. The number of aromatic nitrogens is 2. The molecule has 8 nitrogen and oxygen atoms in total. The van der Waals surface area contributed by atoms with Crippen LogP contribution in [-0.4, -0.2) is 51.0 Å². The third-order valence-corrected chi connectivity index (χ3v) is 5.08. The van der Waals surface area contributed by atoms with Gasteiger partial charge in [-0.1, -0.05) is 18.2 Å². The maximum Gasteiger partial charge on any atom is 0.435 e. The fourth-order valence-electron chi connectivity index (χ4n) is 3.47. The first-order chi connectivity index (χ1) is 15.7. The van der Waals surface area contributed by atoms with Gasteiger partial charge in [0.2, 0.25) is 0 Å². The smallest absolute Gasteiger partial charge is 0.435 e. The molecule has 2 heterocycles. The SMILES string of the molecule is O=C(Nc1ccc(O[C@H]2CCN(C(=O)O)C2)cc1)c1cn(-c2ccccc2)nc1C(F)(F)F. The molecule has 1 aliphatic rings. The van der Waals surface area contributed by atoms with Crippen molar-refractivity contribution >= 4 is 17.7 Å². The third kappa shape index (κ3) is 5.08. The molecule has 4 rings (SSSR count). The van der Waals surface area contributed by atoms with E-state index in [1.807, 2.05) is 0 Å². The van der Waals surface area contributed by atoms with Gasteiger partial charge in [0, 0.05) is 24.8 Å². The van der Waals surface area contributed by atoms with Crippen LogP contribution in [0.2, 0.25) is 0 Å². The summed E-state index contributed by atoms with van der Waals surface area (Å²) in [6.45, 7) is 0.631. The lowest BCUT2D eigenvalue weighted by Gasteiger charge is -2.15. The van der Waals surface area contributed by atoms with E-state index in [1.165, 1.54) is 17.0 Å². The van der Waals surface area contributed by atoms with E-state index in [1.54, 1.807) is 42.5 Å². The highest BCUT2D eigenvalue weighted by Gasteiger charge is 2.39. The zero-order valence-electron chi connectivity index (χ0n) is 17.1. The highest BCUT2D eigenvalue weighted by atomic mass is 19.4. The number of para-hydroxylation sites is 1. The van der Waals surface area contributed by atoms with Gasteiger partial charge < -0.3 is 20.1 Å². The van der Waals surface area contributed by atoms with Gasteiger partial charge in [0.15, 0.2) is 5.69 Å². The summed E-state index contributed by atoms with van der Waals surface area (Å²) < 4.78 is 47.2. The summed E-state index contributed by atoms with van der Waals surface area (Å²) in [6, 6.07) is 14.3. The molecule has 0 unspecified atom stereocenters. The minimum absolute atomic E-state index is 0.249. The monoisotopic (exact) mass is 460 g/mol. The molecule has 0 aliphatic carbocycles. The van der Waals surface area contributed by atoms with Crippen LogP contribution >= 0.6 is 0 Å². The van der Waals surface area contributed by atoms with Crippen molar-refractivity contribution in [1.82, 2.24) is 14.7 Å². The first-order valence-electron chi connectivity index (χ1n) is 9.99. The first kappa shape index (κ1) is 22.2. The molecule has 1 fully saturated rings. The Morgan fingerprint density at radius 3 is 2.39 bits per heavy atom. The quantitative estimate of drug-likeness (QED) is 0.593. The van der Waals surface area contributed by atoms with Crippen LogP contribution in [0.3, 0.4) is 0 Å². The van der Waals surface area contributed by atoms with E-state index in [2.05, 4.69) is 10.4 Å². The molecule has 2 amide bonds. The predicted molar refractivity (Wildman–Crippen MR) is 112 cm³/mol. The van der Waals surface area contributed by atoms with Gasteiger partial charge in [-0.25, -0.2) is 9.48 Å². The van der Waals surface area contributed by atoms with Crippen LogP contribution in [0.4, 0.5) is 23.7 Å². The summed E-state index contributed by atoms with van der Waals surface area (Å²) in [6.07, 6.45) is -4.52. The standard InChI is InChI=1S/C22H19F3N4O4/c23-22(24,25)19-18(13-29(27-19)15-4-2-1-3-5-15)20(30)26-14-6-8-16(9-7-14)33-17-10-11-28(12-17)21(31)32/h1-9,13,17H,10-12H2,(H,26,30)(H,31,32)/t17-/m0/s1. The van der Waals surface area contributed by atoms with Crippen molar-refractivity contribution in [2.75, 3.05) is 18.4 Å². The van der Waals surface area contributed by atoms with Gasteiger partial charge in [-0.2, -0.15) is 18.3 Å². The number of likely N-dealkylation sites (tertiary alicyclic amines) is 1. The summed E-state index contributed by atoms with van der Waals surface area (Å²) in [5.74, 6) is -0.496. The van der Waals surface area contributed by atoms with E-state index in [9.17, 15) is 22.8 Å². The van der Waals surface area contributed by atoms with Crippen LogP contribution in [0.5, 0.6) is 5.75 Å². The van der Waals surface area contributed by atoms with Gasteiger partial charge in [-0.15, -0.1) is 0 Å². The average molecular weight is 460 g/mol. The second-order valence-electron chi connectivity index (χ2n) is 7.40. The van der Waals surface area contributed by atoms with E-state index < -0.39 is 29.4 Å². The summed E-state index contributed by atoms with van der Waals surface area (Å²) in [7, 11) is 0. The number of hydrogen-bond donors (Lipinski definition) is 2. The number of hydrogen-bond acceptors (Lipinski definition) is 4. The largest absolute Gasteiger partial charge is 0.489 e. The molecule has 3 aromatic rings. The van der Waals surface area contributed by atoms with E-state index in [-0.39, 0.29) is 18.3 Å². The maximum atomic E-state index is 13.5. The van der Waals surface area contributed by atoms with Crippen LogP contribution in [0, 0.1) is 0 Å². The molecule has 0 radical (unpaired) electrons. The lowest BCUT2D eigenvalue weighted by molar-refractivity contribution is -0.141. The number of alkyl halides is 3. The molecule has 0 saturated carbocycles. The molecule has 172 valence electrons. The minimum atomic E-state index is -4.81. The van der Waals surface area contributed by atoms with Crippen molar-refractivity contribution < 1.29 is 32.6 Å². The van der Waals surface area contributed by atoms with Crippen molar-refractivity contribution in [3.8, 4) is 11.4 Å². The molecule has 0 spiro atoms. The Morgan fingerprint density at radius 1 is 1.09 bits per heavy atom. The topological polar surface area (TPSA) is 96.7 Å². The van der Waals surface area contributed by atoms with E-state index >= 15 is 0 Å². The summed E-state index contributed by atoms with van der Waals surface area (Å²) in [5.41, 5.74) is -1.23. The van der Waals surface area contributed by atoms with Gasteiger partial charge in [0.05, 0.1) is 17.8 Å². The highest BCUT2D eigenvalue weighted by molar-refractivity contribution is 6.05. The number of halogens is 3. The first-order valence-corrected chi connectivity index (χ1v) is 9.99. The van der Waals surface area contributed by atoms with Gasteiger partial charge in [0.1, 0.15) is 11.9 Å². The highest BCUT2D eigenvalue weighted by Crippen LogP contribution is 2.32. The van der Waals surface area contributed by atoms with Crippen LogP contribution in [0.25, 0.3) is 5.69 Å². The summed E-state index contributed by atoms with van der Waals surface area (Å²) >= 11 is 0. The molecule has 2 aromatic carbocycles. The number of carboxylic acid groups (broad SMARTS) is 1. The van der Waals surface area contributed by atoms with Crippen LogP contribution in [0.1, 0.15) is 22.5 Å². The Bertz CT molecular complexity index is 1150. The van der Waals surface area contributed by atoms with Crippen molar-refractivity contribution in [3.05, 3.63) is 72.1 Å². The zero-order chi connectivity index (χ0) is 23.6. The van der Waals surface area contributed by atoms with Crippen LogP contribution in [0.15, 0.2) is 60.8 Å². The second kappa shape index (κ2) is 8.85. The number of ether oxygens (including phenoxy) is 1. The van der Waals surface area contributed by atoms with Crippen molar-refractivity contribution in [2.24, 2.45) is 0 Å². The Labute approximate surface area is 186 Å². The van der Waals surface area contributed by atoms with Crippen molar-refractivity contribution in [1.29, 1.82) is 0 Å². The molecule has 1 aliphatic heterocycles. The number of anilines is 1. The molecular weight excluding hydrogens is 441 g/mol. The fraction of sp³-hybridized carbons (Fsp3) is 0.227. The Morgan fingerprint density at radius 2 is 1.79 bits per heavy atom. The van der Waals surface area contributed by atoms with E-state index in [0.717, 1.165) is 10.9 Å². The van der Waals surface area contributed by atoms with Crippen molar-refractivity contribution in [2.45, 2.75) is 18.7 Å². The van der Waals surface area contributed by atoms with E-state index in [0.29, 0.717) is 24.4 Å². The average Bonchev–Trinajstić information content (AvgIpc) is 3.43. The Balaban J connectivity index is 1.47. The Kier molecular flexibility index (Phi) is 5.95. The number of amides is 2. The maximum absolute atomic E-state index is 13.5. The van der Waals surface area contributed by atoms with Gasteiger partial charge >= 0.3 is 12.3 Å². The zero-order valence-corrected chi connectivity index (χ0v) is 17.1.